The van der Waals surface area contributed by atoms with Gasteiger partial charge in [-0.2, -0.15) is 0 Å². The molecule has 1 N–H and O–H groups in total. The first-order chi connectivity index (χ1) is 9.29. The van der Waals surface area contributed by atoms with Crippen LogP contribution in [0.1, 0.15) is 39.0 Å². The van der Waals surface area contributed by atoms with Crippen LogP contribution in [0.2, 0.25) is 0 Å². The molecule has 2 aliphatic rings. The Morgan fingerprint density at radius 3 is 2.42 bits per heavy atom. The predicted molar refractivity (Wildman–Crippen MR) is 77.4 cm³/mol. The lowest BCUT2D eigenvalue weighted by Crippen LogP contribution is -2.48. The lowest BCUT2D eigenvalue weighted by Gasteiger charge is -2.40. The van der Waals surface area contributed by atoms with E-state index in [0.29, 0.717) is 13.2 Å². The van der Waals surface area contributed by atoms with E-state index in [4.69, 9.17) is 4.74 Å². The molecule has 112 valence electrons. The molecule has 0 aliphatic carbocycles. The Kier molecular flexibility index (Phi) is 6.57. The third-order valence-electron chi connectivity index (χ3n) is 4.45. The molecule has 0 radical (unpaired) electrons. The van der Waals surface area contributed by atoms with Crippen LogP contribution in [0.25, 0.3) is 0 Å². The highest BCUT2D eigenvalue weighted by atomic mass is 16.5. The average molecular weight is 270 g/mol. The van der Waals surface area contributed by atoms with Crippen molar-refractivity contribution in [1.82, 2.24) is 9.80 Å². The van der Waals surface area contributed by atoms with E-state index >= 15 is 0 Å². The minimum atomic E-state index is -0.327. The number of β-amino-alcohol motifs (C(OH)–C–C–N with tert-alkyl or cyclic N) is 1. The van der Waals surface area contributed by atoms with Crippen molar-refractivity contribution in [3.63, 3.8) is 0 Å². The van der Waals surface area contributed by atoms with E-state index in [1.165, 1.54) is 45.2 Å². The fourth-order valence-corrected chi connectivity index (χ4v) is 3.36. The summed E-state index contributed by atoms with van der Waals surface area (Å²) in [6, 6.07) is 0.792. The van der Waals surface area contributed by atoms with E-state index in [1.807, 2.05) is 6.92 Å². The first kappa shape index (κ1) is 15.2. The van der Waals surface area contributed by atoms with Crippen molar-refractivity contribution in [3.05, 3.63) is 0 Å². The van der Waals surface area contributed by atoms with Gasteiger partial charge in [-0.3, -0.25) is 0 Å². The molecule has 4 nitrogen and oxygen atoms in total. The number of hydrogen-bond acceptors (Lipinski definition) is 4. The van der Waals surface area contributed by atoms with Gasteiger partial charge in [-0.25, -0.2) is 0 Å². The fraction of sp³-hybridized carbons (Fsp3) is 1.00. The van der Waals surface area contributed by atoms with Crippen molar-refractivity contribution < 1.29 is 9.84 Å². The predicted octanol–water partition coefficient (Wildman–Crippen LogP) is 1.33. The molecule has 2 aliphatic heterocycles. The number of ether oxygens (including phenoxy) is 1. The number of likely N-dealkylation sites (tertiary alicyclic amines) is 2. The lowest BCUT2D eigenvalue weighted by atomic mass is 10.00. The highest BCUT2D eigenvalue weighted by Gasteiger charge is 2.26. The fourth-order valence-electron chi connectivity index (χ4n) is 3.36. The summed E-state index contributed by atoms with van der Waals surface area (Å²) >= 11 is 0. The van der Waals surface area contributed by atoms with Gasteiger partial charge in [0, 0.05) is 19.2 Å². The van der Waals surface area contributed by atoms with Crippen LogP contribution in [0.5, 0.6) is 0 Å². The molecular formula is C15H30N2O2. The summed E-state index contributed by atoms with van der Waals surface area (Å²) in [7, 11) is 0. The van der Waals surface area contributed by atoms with E-state index in [1.54, 1.807) is 0 Å². The summed E-state index contributed by atoms with van der Waals surface area (Å²) in [5, 5.41) is 9.87. The molecule has 0 spiro atoms. The van der Waals surface area contributed by atoms with Gasteiger partial charge < -0.3 is 19.6 Å². The highest BCUT2D eigenvalue weighted by molar-refractivity contribution is 4.82. The van der Waals surface area contributed by atoms with Gasteiger partial charge in [0.25, 0.3) is 0 Å². The summed E-state index contributed by atoms with van der Waals surface area (Å²) in [4.78, 5) is 5.08. The van der Waals surface area contributed by atoms with Gasteiger partial charge in [-0.1, -0.05) is 6.42 Å². The van der Waals surface area contributed by atoms with Gasteiger partial charge >= 0.3 is 0 Å². The first-order valence-electron chi connectivity index (χ1n) is 8.01. The second-order valence-corrected chi connectivity index (χ2v) is 5.94. The maximum absolute atomic E-state index is 9.87. The van der Waals surface area contributed by atoms with Crippen molar-refractivity contribution in [2.75, 3.05) is 45.9 Å². The molecule has 0 bridgehead atoms. The van der Waals surface area contributed by atoms with E-state index in [0.717, 1.165) is 25.7 Å². The lowest BCUT2D eigenvalue weighted by molar-refractivity contribution is 0.00937. The zero-order chi connectivity index (χ0) is 13.5. The summed E-state index contributed by atoms with van der Waals surface area (Å²) < 4.78 is 5.27. The van der Waals surface area contributed by atoms with E-state index in [9.17, 15) is 5.11 Å². The largest absolute Gasteiger partial charge is 0.389 e. The van der Waals surface area contributed by atoms with E-state index in [-0.39, 0.29) is 6.10 Å². The maximum atomic E-state index is 9.87. The number of hydrogen-bond donors (Lipinski definition) is 1. The molecule has 0 amide bonds. The van der Waals surface area contributed by atoms with Gasteiger partial charge in [0.15, 0.2) is 0 Å². The Morgan fingerprint density at radius 1 is 1.11 bits per heavy atom. The normalized spacial score (nSPS) is 25.6. The Labute approximate surface area is 117 Å². The standard InChI is InChI=1S/C15H30N2O2/c1-2-19-13-15(18)12-16-10-6-14(7-11-16)17-8-4-3-5-9-17/h14-15,18H,2-13H2,1H3. The molecular weight excluding hydrogens is 240 g/mol. The third kappa shape index (κ3) is 5.03. The van der Waals surface area contributed by atoms with Gasteiger partial charge in [0.05, 0.1) is 12.7 Å². The van der Waals surface area contributed by atoms with Gasteiger partial charge in [-0.05, 0) is 58.8 Å². The Balaban J connectivity index is 1.64. The van der Waals surface area contributed by atoms with Crippen LogP contribution in [-0.2, 0) is 4.74 Å². The van der Waals surface area contributed by atoms with Gasteiger partial charge in [0.2, 0.25) is 0 Å². The summed E-state index contributed by atoms with van der Waals surface area (Å²) in [5.41, 5.74) is 0. The van der Waals surface area contributed by atoms with Gasteiger partial charge in [-0.15, -0.1) is 0 Å². The van der Waals surface area contributed by atoms with Crippen molar-refractivity contribution in [3.8, 4) is 0 Å². The van der Waals surface area contributed by atoms with Crippen LogP contribution < -0.4 is 0 Å². The average Bonchev–Trinajstić information content (AvgIpc) is 2.47. The van der Waals surface area contributed by atoms with Crippen LogP contribution in [-0.4, -0.2) is 73.0 Å². The number of nitrogens with zero attached hydrogens (tertiary/aromatic N) is 2. The minimum absolute atomic E-state index is 0.327. The smallest absolute Gasteiger partial charge is 0.0900 e. The highest BCUT2D eigenvalue weighted by Crippen LogP contribution is 2.20. The molecule has 19 heavy (non-hydrogen) atoms. The first-order valence-corrected chi connectivity index (χ1v) is 8.01. The number of piperidine rings is 2. The van der Waals surface area contributed by atoms with E-state index < -0.39 is 0 Å². The number of rotatable bonds is 6. The molecule has 0 aromatic heterocycles. The molecule has 1 atom stereocenters. The summed E-state index contributed by atoms with van der Waals surface area (Å²) in [5.74, 6) is 0. The van der Waals surface area contributed by atoms with Crippen LogP contribution in [0.15, 0.2) is 0 Å². The quantitative estimate of drug-likeness (QED) is 0.790. The number of aliphatic hydroxyl groups is 1. The Morgan fingerprint density at radius 2 is 1.79 bits per heavy atom. The summed E-state index contributed by atoms with van der Waals surface area (Å²) in [6.45, 7) is 8.77. The molecule has 2 fully saturated rings. The summed E-state index contributed by atoms with van der Waals surface area (Å²) in [6.07, 6.45) is 6.38. The van der Waals surface area contributed by atoms with Gasteiger partial charge in [0.1, 0.15) is 0 Å². The second kappa shape index (κ2) is 8.20. The zero-order valence-corrected chi connectivity index (χ0v) is 12.4. The molecule has 0 saturated carbocycles. The zero-order valence-electron chi connectivity index (χ0n) is 12.4. The van der Waals surface area contributed by atoms with Crippen molar-refractivity contribution >= 4 is 0 Å². The molecule has 2 heterocycles. The minimum Gasteiger partial charge on any atom is -0.389 e. The third-order valence-corrected chi connectivity index (χ3v) is 4.45. The number of aliphatic hydroxyl groups excluding tert-OH is 1. The van der Waals surface area contributed by atoms with E-state index in [2.05, 4.69) is 9.80 Å². The molecule has 0 aromatic rings. The second-order valence-electron chi connectivity index (χ2n) is 5.94. The van der Waals surface area contributed by atoms with Crippen LogP contribution >= 0.6 is 0 Å². The van der Waals surface area contributed by atoms with Crippen LogP contribution in [0, 0.1) is 0 Å². The topological polar surface area (TPSA) is 35.9 Å². The molecule has 0 aromatic carbocycles. The molecule has 4 heteroatoms. The van der Waals surface area contributed by atoms with Crippen molar-refractivity contribution in [1.29, 1.82) is 0 Å². The molecule has 2 saturated heterocycles. The Hall–Kier alpha value is -0.160. The van der Waals surface area contributed by atoms with Crippen molar-refractivity contribution in [2.45, 2.75) is 51.2 Å². The molecule has 2 rings (SSSR count). The monoisotopic (exact) mass is 270 g/mol. The van der Waals surface area contributed by atoms with Crippen LogP contribution in [0.3, 0.4) is 0 Å². The van der Waals surface area contributed by atoms with Crippen molar-refractivity contribution in [2.24, 2.45) is 0 Å². The maximum Gasteiger partial charge on any atom is 0.0900 e. The van der Waals surface area contributed by atoms with Crippen LogP contribution in [0.4, 0.5) is 0 Å². The molecule has 1 unspecified atom stereocenters. The SMILES string of the molecule is CCOCC(O)CN1CCC(N2CCCCC2)CC1. The Bertz CT molecular complexity index is 236.